The molecule has 0 radical (unpaired) electrons. The summed E-state index contributed by atoms with van der Waals surface area (Å²) in [6.07, 6.45) is 3.29. The van der Waals surface area contributed by atoms with Gasteiger partial charge in [0.05, 0.1) is 7.11 Å². The van der Waals surface area contributed by atoms with Crippen molar-refractivity contribution < 1.29 is 9.53 Å². The number of hydrogen-bond acceptors (Lipinski definition) is 4. The second kappa shape index (κ2) is 6.66. The van der Waals surface area contributed by atoms with Crippen LogP contribution in [0.25, 0.3) is 0 Å². The normalized spacial score (nSPS) is 12.4. The minimum Gasteiger partial charge on any atom is -0.469 e. The van der Waals surface area contributed by atoms with Crippen LogP contribution >= 0.6 is 11.3 Å². The monoisotopic (exact) mass is 241 g/mol. The number of thiophene rings is 1. The van der Waals surface area contributed by atoms with E-state index in [2.05, 4.69) is 23.8 Å². The third kappa shape index (κ3) is 3.94. The first-order valence-electron chi connectivity index (χ1n) is 5.58. The van der Waals surface area contributed by atoms with Gasteiger partial charge in [-0.1, -0.05) is 13.3 Å². The Hall–Kier alpha value is -0.870. The molecule has 0 saturated carbocycles. The highest BCUT2D eigenvalue weighted by Crippen LogP contribution is 2.25. The predicted octanol–water partition coefficient (Wildman–Crippen LogP) is 2.65. The minimum atomic E-state index is -0.194. The fraction of sp³-hybridized carbons (Fsp3) is 0.583. The van der Waals surface area contributed by atoms with E-state index < -0.39 is 0 Å². The van der Waals surface area contributed by atoms with E-state index in [-0.39, 0.29) is 12.0 Å². The van der Waals surface area contributed by atoms with Crippen LogP contribution in [0.5, 0.6) is 0 Å². The van der Waals surface area contributed by atoms with Crippen LogP contribution in [0.1, 0.15) is 42.0 Å². The third-order valence-corrected chi connectivity index (χ3v) is 3.71. The van der Waals surface area contributed by atoms with Crippen molar-refractivity contribution in [2.45, 2.75) is 38.6 Å². The summed E-state index contributed by atoms with van der Waals surface area (Å²) >= 11 is 1.75. The number of hydrogen-bond donors (Lipinski definition) is 1. The number of aryl methyl sites for hydroxylation is 1. The first kappa shape index (κ1) is 13.2. The molecule has 0 spiro atoms. The van der Waals surface area contributed by atoms with Crippen molar-refractivity contribution in [1.82, 2.24) is 0 Å². The molecular weight excluding hydrogens is 222 g/mol. The van der Waals surface area contributed by atoms with Gasteiger partial charge in [-0.2, -0.15) is 0 Å². The molecule has 90 valence electrons. The van der Waals surface area contributed by atoms with E-state index in [0.29, 0.717) is 12.8 Å². The van der Waals surface area contributed by atoms with E-state index in [1.54, 1.807) is 11.3 Å². The summed E-state index contributed by atoms with van der Waals surface area (Å²) in [5.74, 6) is -0.194. The predicted molar refractivity (Wildman–Crippen MR) is 66.5 cm³/mol. The molecule has 1 aromatic heterocycles. The van der Waals surface area contributed by atoms with E-state index in [1.807, 2.05) is 0 Å². The molecule has 1 aromatic rings. The largest absolute Gasteiger partial charge is 0.469 e. The van der Waals surface area contributed by atoms with E-state index in [4.69, 9.17) is 5.73 Å². The van der Waals surface area contributed by atoms with Crippen LogP contribution in [0, 0.1) is 0 Å². The van der Waals surface area contributed by atoms with Crippen molar-refractivity contribution in [3.8, 4) is 0 Å². The van der Waals surface area contributed by atoms with Crippen molar-refractivity contribution in [3.63, 3.8) is 0 Å². The lowest BCUT2D eigenvalue weighted by atomic mass is 10.1. The molecule has 0 saturated heterocycles. The molecule has 0 bridgehead atoms. The topological polar surface area (TPSA) is 52.3 Å². The maximum atomic E-state index is 11.0. The van der Waals surface area contributed by atoms with E-state index in [1.165, 1.54) is 12.0 Å². The van der Waals surface area contributed by atoms with Gasteiger partial charge in [-0.05, 0) is 25.0 Å². The van der Waals surface area contributed by atoms with Crippen molar-refractivity contribution in [2.75, 3.05) is 7.11 Å². The molecule has 2 N–H and O–H groups in total. The average Bonchev–Trinajstić information content (AvgIpc) is 2.74. The summed E-state index contributed by atoms with van der Waals surface area (Å²) in [4.78, 5) is 13.5. The molecule has 16 heavy (non-hydrogen) atoms. The van der Waals surface area contributed by atoms with Crippen LogP contribution in [0.2, 0.25) is 0 Å². The van der Waals surface area contributed by atoms with Gasteiger partial charge in [-0.15, -0.1) is 11.3 Å². The van der Waals surface area contributed by atoms with Gasteiger partial charge >= 0.3 is 5.97 Å². The van der Waals surface area contributed by atoms with Crippen LogP contribution in [0.3, 0.4) is 0 Å². The first-order valence-corrected chi connectivity index (χ1v) is 6.40. The number of carbonyl (C=O) groups is 1. The van der Waals surface area contributed by atoms with Gasteiger partial charge in [0, 0.05) is 22.2 Å². The highest BCUT2D eigenvalue weighted by atomic mass is 32.1. The number of nitrogens with two attached hydrogens (primary N) is 1. The number of esters is 1. The minimum absolute atomic E-state index is 0.0466. The average molecular weight is 241 g/mol. The molecule has 0 aromatic carbocycles. The SMILES string of the molecule is CCCc1ccc(C(N)CCC(=O)OC)s1. The Labute approximate surface area is 101 Å². The molecule has 1 rings (SSSR count). The van der Waals surface area contributed by atoms with Gasteiger partial charge in [0.1, 0.15) is 0 Å². The van der Waals surface area contributed by atoms with Gasteiger partial charge in [-0.25, -0.2) is 0 Å². The summed E-state index contributed by atoms with van der Waals surface area (Å²) in [5, 5.41) is 0. The fourth-order valence-electron chi connectivity index (χ4n) is 1.49. The lowest BCUT2D eigenvalue weighted by Gasteiger charge is -2.07. The van der Waals surface area contributed by atoms with Crippen LogP contribution in [-0.2, 0) is 16.0 Å². The molecule has 0 amide bonds. The first-order chi connectivity index (χ1) is 7.67. The van der Waals surface area contributed by atoms with Gasteiger partial charge in [-0.3, -0.25) is 4.79 Å². The zero-order chi connectivity index (χ0) is 12.0. The van der Waals surface area contributed by atoms with E-state index >= 15 is 0 Å². The lowest BCUT2D eigenvalue weighted by Crippen LogP contribution is -2.11. The number of ether oxygens (including phenoxy) is 1. The zero-order valence-corrected chi connectivity index (χ0v) is 10.7. The Morgan fingerprint density at radius 1 is 1.56 bits per heavy atom. The van der Waals surface area contributed by atoms with Gasteiger partial charge in [0.25, 0.3) is 0 Å². The highest BCUT2D eigenvalue weighted by molar-refractivity contribution is 7.12. The number of carbonyl (C=O) groups excluding carboxylic acids is 1. The quantitative estimate of drug-likeness (QED) is 0.779. The standard InChI is InChI=1S/C12H19NO2S/c1-3-4-9-5-7-11(16-9)10(13)6-8-12(14)15-2/h5,7,10H,3-4,6,8,13H2,1-2H3. The van der Waals surface area contributed by atoms with Gasteiger partial charge in [0.15, 0.2) is 0 Å². The number of rotatable bonds is 6. The molecule has 4 heteroatoms. The Balaban J connectivity index is 2.45. The lowest BCUT2D eigenvalue weighted by molar-refractivity contribution is -0.140. The molecule has 1 heterocycles. The Morgan fingerprint density at radius 3 is 2.94 bits per heavy atom. The second-order valence-electron chi connectivity index (χ2n) is 3.78. The summed E-state index contributed by atoms with van der Waals surface area (Å²) in [6.45, 7) is 2.16. The Bertz CT molecular complexity index is 336. The highest BCUT2D eigenvalue weighted by Gasteiger charge is 2.11. The molecule has 0 aliphatic carbocycles. The van der Waals surface area contributed by atoms with Crippen molar-refractivity contribution in [1.29, 1.82) is 0 Å². The molecule has 1 unspecified atom stereocenters. The van der Waals surface area contributed by atoms with Crippen LogP contribution in [-0.4, -0.2) is 13.1 Å². The number of methoxy groups -OCH3 is 1. The second-order valence-corrected chi connectivity index (χ2v) is 4.98. The summed E-state index contributed by atoms with van der Waals surface area (Å²) in [5.41, 5.74) is 6.01. The van der Waals surface area contributed by atoms with E-state index in [9.17, 15) is 4.79 Å². The summed E-state index contributed by atoms with van der Waals surface area (Å²) in [6, 6.07) is 4.15. The molecule has 3 nitrogen and oxygen atoms in total. The van der Waals surface area contributed by atoms with Crippen molar-refractivity contribution in [3.05, 3.63) is 21.9 Å². The molecule has 1 atom stereocenters. The smallest absolute Gasteiger partial charge is 0.305 e. The van der Waals surface area contributed by atoms with Gasteiger partial charge in [0.2, 0.25) is 0 Å². The van der Waals surface area contributed by atoms with Crippen molar-refractivity contribution >= 4 is 17.3 Å². The Morgan fingerprint density at radius 2 is 2.31 bits per heavy atom. The Kier molecular flexibility index (Phi) is 5.49. The summed E-state index contributed by atoms with van der Waals surface area (Å²) < 4.78 is 4.59. The van der Waals surface area contributed by atoms with E-state index in [0.717, 1.165) is 17.7 Å². The van der Waals surface area contributed by atoms with Crippen molar-refractivity contribution in [2.24, 2.45) is 5.73 Å². The zero-order valence-electron chi connectivity index (χ0n) is 9.86. The molecular formula is C12H19NO2S. The van der Waals surface area contributed by atoms with Crippen LogP contribution in [0.15, 0.2) is 12.1 Å². The van der Waals surface area contributed by atoms with Crippen LogP contribution < -0.4 is 5.73 Å². The van der Waals surface area contributed by atoms with Gasteiger partial charge < -0.3 is 10.5 Å². The summed E-state index contributed by atoms with van der Waals surface area (Å²) in [7, 11) is 1.40. The maximum absolute atomic E-state index is 11.0. The third-order valence-electron chi connectivity index (χ3n) is 2.43. The van der Waals surface area contributed by atoms with Crippen LogP contribution in [0.4, 0.5) is 0 Å². The maximum Gasteiger partial charge on any atom is 0.305 e. The fourth-order valence-corrected chi connectivity index (χ4v) is 2.64. The molecule has 0 aliphatic heterocycles. The molecule has 0 fully saturated rings. The molecule has 0 aliphatic rings.